The molecule has 0 bridgehead atoms. The number of carbonyl (C=O) groups excluding carboxylic acids is 1. The average molecular weight is 316 g/mol. The van der Waals surface area contributed by atoms with E-state index in [9.17, 15) is 9.18 Å². The number of rotatable bonds is 4. The van der Waals surface area contributed by atoms with Crippen molar-refractivity contribution in [2.45, 2.75) is 12.6 Å². The molecule has 2 aromatic rings. The van der Waals surface area contributed by atoms with Gasteiger partial charge in [0.05, 0.1) is 24.7 Å². The Morgan fingerprint density at radius 2 is 2.26 bits per heavy atom. The number of benzene rings is 1. The number of alkyl halides is 1. The molecule has 1 atom stereocenters. The van der Waals surface area contributed by atoms with E-state index in [0.717, 1.165) is 16.8 Å². The van der Waals surface area contributed by atoms with Gasteiger partial charge in [0.15, 0.2) is 6.17 Å². The molecule has 1 aromatic carbocycles. The maximum Gasteiger partial charge on any atom is 0.261 e. The second-order valence-electron chi connectivity index (χ2n) is 5.35. The molecule has 3 rings (SSSR count). The van der Waals surface area contributed by atoms with E-state index < -0.39 is 12.1 Å². The zero-order valence-corrected chi connectivity index (χ0v) is 12.7. The molecular formula is C16H17FN4O2. The van der Waals surface area contributed by atoms with Crippen LogP contribution in [-0.4, -0.2) is 47.4 Å². The summed E-state index contributed by atoms with van der Waals surface area (Å²) >= 11 is 0. The highest BCUT2D eigenvalue weighted by Gasteiger charge is 2.30. The molecule has 2 heterocycles. The maximum absolute atomic E-state index is 13.8. The van der Waals surface area contributed by atoms with Crippen molar-refractivity contribution in [3.05, 3.63) is 36.2 Å². The monoisotopic (exact) mass is 316 g/mol. The molecule has 1 aromatic heterocycles. The third-order valence-corrected chi connectivity index (χ3v) is 3.79. The van der Waals surface area contributed by atoms with Crippen molar-refractivity contribution < 1.29 is 14.3 Å². The van der Waals surface area contributed by atoms with E-state index in [1.807, 2.05) is 12.1 Å². The van der Waals surface area contributed by atoms with Crippen LogP contribution in [-0.2, 0) is 11.2 Å². The molecule has 120 valence electrons. The summed E-state index contributed by atoms with van der Waals surface area (Å²) in [5.74, 6) is 0.0465. The number of hydrogen-bond donors (Lipinski definition) is 2. The highest BCUT2D eigenvalue weighted by molar-refractivity contribution is 5.99. The zero-order valence-electron chi connectivity index (χ0n) is 12.7. The lowest BCUT2D eigenvalue weighted by atomic mass is 9.97. The molecule has 6 nitrogen and oxygen atoms in total. The summed E-state index contributed by atoms with van der Waals surface area (Å²) in [7, 11) is 1.58. The van der Waals surface area contributed by atoms with Crippen LogP contribution >= 0.6 is 0 Å². The number of halogens is 1. The Morgan fingerprint density at radius 1 is 1.43 bits per heavy atom. The van der Waals surface area contributed by atoms with E-state index in [1.54, 1.807) is 25.5 Å². The zero-order chi connectivity index (χ0) is 16.4. The summed E-state index contributed by atoms with van der Waals surface area (Å²) in [5.41, 5.74) is 2.94. The van der Waals surface area contributed by atoms with E-state index in [4.69, 9.17) is 5.11 Å². The average Bonchev–Trinajstić information content (AvgIpc) is 2.58. The van der Waals surface area contributed by atoms with Gasteiger partial charge in [0, 0.05) is 31.3 Å². The second-order valence-corrected chi connectivity index (χ2v) is 5.35. The molecule has 1 aliphatic rings. The van der Waals surface area contributed by atoms with E-state index in [0.29, 0.717) is 18.1 Å². The van der Waals surface area contributed by atoms with Gasteiger partial charge in [0.1, 0.15) is 5.82 Å². The molecule has 0 saturated carbocycles. The standard InChI is InChI=1S/C16H17FN4O2/c1-21-14-3-2-10(6-11(14)7-12(17)16(21)23)13-8-18-9-15(20-13)19-4-5-22/h2-3,6,8-9,12,22H,4-5,7H2,1H3,(H,19,20). The number of aliphatic hydroxyl groups excluding tert-OH is 1. The maximum atomic E-state index is 13.8. The van der Waals surface area contributed by atoms with Crippen molar-refractivity contribution in [1.29, 1.82) is 0 Å². The van der Waals surface area contributed by atoms with E-state index >= 15 is 0 Å². The molecule has 0 aliphatic carbocycles. The van der Waals surface area contributed by atoms with Crippen LogP contribution in [0, 0.1) is 0 Å². The fourth-order valence-electron chi connectivity index (χ4n) is 2.62. The fourth-order valence-corrected chi connectivity index (χ4v) is 2.62. The predicted octanol–water partition coefficient (Wildman–Crippen LogP) is 1.40. The van der Waals surface area contributed by atoms with Crippen LogP contribution in [0.3, 0.4) is 0 Å². The highest BCUT2D eigenvalue weighted by atomic mass is 19.1. The van der Waals surface area contributed by atoms with Gasteiger partial charge in [0.25, 0.3) is 5.91 Å². The van der Waals surface area contributed by atoms with Crippen molar-refractivity contribution in [3.63, 3.8) is 0 Å². The van der Waals surface area contributed by atoms with Gasteiger partial charge in [0.2, 0.25) is 0 Å². The Morgan fingerprint density at radius 3 is 3.04 bits per heavy atom. The van der Waals surface area contributed by atoms with Gasteiger partial charge in [-0.3, -0.25) is 9.78 Å². The number of aliphatic hydroxyl groups is 1. The fraction of sp³-hybridized carbons (Fsp3) is 0.312. The number of fused-ring (bicyclic) bond motifs is 1. The van der Waals surface area contributed by atoms with Gasteiger partial charge in [-0.25, -0.2) is 9.37 Å². The molecule has 1 unspecified atom stereocenters. The van der Waals surface area contributed by atoms with Crippen LogP contribution in [0.5, 0.6) is 0 Å². The van der Waals surface area contributed by atoms with Crippen LogP contribution in [0.2, 0.25) is 0 Å². The highest BCUT2D eigenvalue weighted by Crippen LogP contribution is 2.31. The molecule has 2 N–H and O–H groups in total. The van der Waals surface area contributed by atoms with Crippen molar-refractivity contribution in [1.82, 2.24) is 9.97 Å². The van der Waals surface area contributed by atoms with Gasteiger partial charge in [-0.1, -0.05) is 6.07 Å². The second kappa shape index (κ2) is 6.29. The summed E-state index contributed by atoms with van der Waals surface area (Å²) in [6.45, 7) is 0.391. The summed E-state index contributed by atoms with van der Waals surface area (Å²) in [6, 6.07) is 5.47. The van der Waals surface area contributed by atoms with E-state index in [-0.39, 0.29) is 13.0 Å². The number of amides is 1. The quantitative estimate of drug-likeness (QED) is 0.891. The Balaban J connectivity index is 1.93. The number of carbonyl (C=O) groups is 1. The lowest BCUT2D eigenvalue weighted by Gasteiger charge is -2.28. The van der Waals surface area contributed by atoms with Crippen molar-refractivity contribution in [3.8, 4) is 11.3 Å². The van der Waals surface area contributed by atoms with Gasteiger partial charge in [-0.15, -0.1) is 0 Å². The summed E-state index contributed by atoms with van der Waals surface area (Å²) < 4.78 is 13.8. The molecule has 1 aliphatic heterocycles. The lowest BCUT2D eigenvalue weighted by molar-refractivity contribution is -0.123. The first kappa shape index (κ1) is 15.4. The predicted molar refractivity (Wildman–Crippen MR) is 85.1 cm³/mol. The van der Waals surface area contributed by atoms with Gasteiger partial charge in [-0.2, -0.15) is 0 Å². The first-order valence-corrected chi connectivity index (χ1v) is 7.32. The van der Waals surface area contributed by atoms with Gasteiger partial charge < -0.3 is 15.3 Å². The first-order valence-electron chi connectivity index (χ1n) is 7.32. The number of nitrogens with zero attached hydrogens (tertiary/aromatic N) is 3. The molecule has 7 heteroatoms. The number of anilines is 2. The third-order valence-electron chi connectivity index (χ3n) is 3.79. The summed E-state index contributed by atoms with van der Waals surface area (Å²) in [5, 5.41) is 11.8. The van der Waals surface area contributed by atoms with Crippen LogP contribution in [0.1, 0.15) is 5.56 Å². The van der Waals surface area contributed by atoms with Gasteiger partial charge in [-0.05, 0) is 17.7 Å². The van der Waals surface area contributed by atoms with Crippen molar-refractivity contribution in [2.75, 3.05) is 30.4 Å². The smallest absolute Gasteiger partial charge is 0.261 e. The molecule has 0 spiro atoms. The van der Waals surface area contributed by atoms with Crippen LogP contribution in [0.15, 0.2) is 30.6 Å². The largest absolute Gasteiger partial charge is 0.395 e. The SMILES string of the molecule is CN1C(=O)C(F)Cc2cc(-c3cncc(NCCO)n3)ccc21. The van der Waals surface area contributed by atoms with Gasteiger partial charge >= 0.3 is 0 Å². The van der Waals surface area contributed by atoms with Crippen molar-refractivity contribution in [2.24, 2.45) is 0 Å². The molecular weight excluding hydrogens is 299 g/mol. The topological polar surface area (TPSA) is 78.4 Å². The van der Waals surface area contributed by atoms with E-state index in [2.05, 4.69) is 15.3 Å². The minimum atomic E-state index is -1.51. The Bertz CT molecular complexity index is 738. The molecule has 0 fully saturated rings. The number of aromatic nitrogens is 2. The van der Waals surface area contributed by atoms with Crippen molar-refractivity contribution >= 4 is 17.4 Å². The molecule has 1 amide bonds. The number of nitrogens with one attached hydrogen (secondary N) is 1. The van der Waals surface area contributed by atoms with Crippen LogP contribution in [0.25, 0.3) is 11.3 Å². The van der Waals surface area contributed by atoms with E-state index in [1.165, 1.54) is 4.90 Å². The Kier molecular flexibility index (Phi) is 4.20. The lowest BCUT2D eigenvalue weighted by Crippen LogP contribution is -2.39. The first-order chi connectivity index (χ1) is 11.1. The molecule has 23 heavy (non-hydrogen) atoms. The molecule has 0 saturated heterocycles. The molecule has 0 radical (unpaired) electrons. The Hall–Kier alpha value is -2.54. The van der Waals surface area contributed by atoms with Crippen LogP contribution in [0.4, 0.5) is 15.9 Å². The third kappa shape index (κ3) is 3.00. The summed E-state index contributed by atoms with van der Waals surface area (Å²) in [4.78, 5) is 21.6. The normalized spacial score (nSPS) is 17.1. The van der Waals surface area contributed by atoms with Crippen LogP contribution < -0.4 is 10.2 Å². The number of hydrogen-bond acceptors (Lipinski definition) is 5. The summed E-state index contributed by atoms with van der Waals surface area (Å²) in [6.07, 6.45) is 1.76. The minimum Gasteiger partial charge on any atom is -0.395 e. The Labute approximate surface area is 133 Å². The minimum absolute atomic E-state index is 0.00298.